The lowest BCUT2D eigenvalue weighted by Crippen LogP contribution is -2.23. The molecule has 5 rings (SSSR count). The lowest BCUT2D eigenvalue weighted by atomic mass is 10.1. The van der Waals surface area contributed by atoms with Crippen molar-refractivity contribution >= 4 is 69.5 Å². The van der Waals surface area contributed by atoms with Crippen molar-refractivity contribution in [1.82, 2.24) is 30.2 Å². The van der Waals surface area contributed by atoms with E-state index in [1.165, 1.54) is 41.3 Å². The van der Waals surface area contributed by atoms with Crippen LogP contribution in [0.1, 0.15) is 23.9 Å². The summed E-state index contributed by atoms with van der Waals surface area (Å²) in [5.74, 6) is -0.239. The number of nitrogens with zero attached hydrogens (tertiary/aromatic N) is 7. The van der Waals surface area contributed by atoms with E-state index in [1.807, 2.05) is 36.6 Å². The Hall–Kier alpha value is -4.53. The minimum atomic E-state index is -1.03. The first-order chi connectivity index (χ1) is 20.8. The molecule has 0 aliphatic carbocycles. The Balaban J connectivity index is 0.000000199. The van der Waals surface area contributed by atoms with Crippen molar-refractivity contribution in [3.05, 3.63) is 103 Å². The minimum absolute atomic E-state index is 0.0355. The number of aliphatic carboxylic acids is 1. The number of methoxy groups -OCH3 is 1. The maximum absolute atomic E-state index is 11.1. The van der Waals surface area contributed by atoms with Gasteiger partial charge in [0, 0.05) is 29.8 Å². The first kappa shape index (κ1) is 31.4. The van der Waals surface area contributed by atoms with E-state index in [1.54, 1.807) is 24.1 Å². The fourth-order valence-electron chi connectivity index (χ4n) is 3.74. The zero-order valence-corrected chi connectivity index (χ0v) is 25.6. The normalized spacial score (nSPS) is 16.0. The number of hydrogen-bond acceptors (Lipinski definition) is 12. The minimum Gasteiger partial charge on any atom is -0.497 e. The average molecular weight is 652 g/mol. The smallest absolute Gasteiger partial charge is 0.353 e. The second-order valence-electron chi connectivity index (χ2n) is 8.20. The first-order valence-corrected chi connectivity index (χ1v) is 14.7. The van der Waals surface area contributed by atoms with Crippen LogP contribution in [-0.2, 0) is 4.79 Å². The van der Waals surface area contributed by atoms with Crippen LogP contribution in [0.3, 0.4) is 0 Å². The van der Waals surface area contributed by atoms with Gasteiger partial charge in [-0.3, -0.25) is 0 Å². The van der Waals surface area contributed by atoms with Crippen molar-refractivity contribution in [3.8, 4) is 17.9 Å². The number of likely N-dealkylation sites (N-methyl/N-ethyl adjacent to an activating group) is 1. The molecule has 2 aromatic heterocycles. The Kier molecular flexibility index (Phi) is 10.6. The van der Waals surface area contributed by atoms with E-state index in [-0.39, 0.29) is 21.8 Å². The molecule has 11 nitrogen and oxygen atoms in total. The summed E-state index contributed by atoms with van der Waals surface area (Å²) in [5.41, 5.74) is 3.63. The van der Waals surface area contributed by atoms with E-state index in [0.29, 0.717) is 33.6 Å². The maximum atomic E-state index is 11.1. The highest BCUT2D eigenvalue weighted by molar-refractivity contribution is 8.06. The van der Waals surface area contributed by atoms with Gasteiger partial charge in [-0.25, -0.2) is 24.7 Å². The van der Waals surface area contributed by atoms with Gasteiger partial charge in [-0.15, -0.1) is 0 Å². The van der Waals surface area contributed by atoms with Crippen LogP contribution in [-0.4, -0.2) is 49.6 Å². The number of allylic oxidation sites excluding steroid dienone is 2. The van der Waals surface area contributed by atoms with Gasteiger partial charge in [0.1, 0.15) is 39.8 Å². The highest BCUT2D eigenvalue weighted by Gasteiger charge is 2.28. The predicted molar refractivity (Wildman–Crippen MR) is 167 cm³/mol. The molecule has 2 N–H and O–H groups in total. The number of aromatic nitrogens is 4. The molecule has 43 heavy (non-hydrogen) atoms. The number of rotatable bonds is 6. The number of benzene rings is 1. The van der Waals surface area contributed by atoms with Crippen molar-refractivity contribution in [2.75, 3.05) is 13.7 Å². The molecule has 0 amide bonds. The molecule has 0 atom stereocenters. The molecule has 0 unspecified atom stereocenters. The van der Waals surface area contributed by atoms with Crippen LogP contribution in [0.25, 0.3) is 16.8 Å². The van der Waals surface area contributed by atoms with Gasteiger partial charge in [0.15, 0.2) is 0 Å². The second-order valence-corrected chi connectivity index (χ2v) is 10.6. The van der Waals surface area contributed by atoms with E-state index >= 15 is 0 Å². The number of nitriles is 2. The molecular formula is C28H20Cl2N8O3S2. The third kappa shape index (κ3) is 7.46. The molecule has 0 spiro atoms. The number of carboxylic acids is 1. The van der Waals surface area contributed by atoms with Gasteiger partial charge in [0.05, 0.1) is 29.2 Å². The summed E-state index contributed by atoms with van der Waals surface area (Å²) in [7, 11) is 1.63. The topological polar surface area (TPSA) is 161 Å². The summed E-state index contributed by atoms with van der Waals surface area (Å²) in [6, 6.07) is 15.1. The predicted octanol–water partition coefficient (Wildman–Crippen LogP) is 5.98. The lowest BCUT2D eigenvalue weighted by Gasteiger charge is -2.19. The fraction of sp³-hybridized carbons (Fsp3) is 0.107. The lowest BCUT2D eigenvalue weighted by molar-refractivity contribution is -0.134. The summed E-state index contributed by atoms with van der Waals surface area (Å²) in [6.45, 7) is 2.25. The number of thioether (sulfide) groups is 2. The zero-order valence-electron chi connectivity index (χ0n) is 22.4. The van der Waals surface area contributed by atoms with Crippen LogP contribution < -0.4 is 10.1 Å². The van der Waals surface area contributed by atoms with Gasteiger partial charge in [-0.2, -0.15) is 10.5 Å². The molecule has 216 valence electrons. The number of carboxylic acid groups (broad SMARTS) is 1. The SMILES string of the molecule is CCN1C(C(=O)O)=CSC1=C(C#N)c1ccnc(Cl)n1.COc1ccc(C2=CSC(=C(C#N)c3ccnc(Cl)n3)N2)cc1. The third-order valence-corrected chi connectivity index (χ3v) is 7.98. The van der Waals surface area contributed by atoms with E-state index in [0.717, 1.165) is 17.0 Å². The molecule has 4 heterocycles. The summed E-state index contributed by atoms with van der Waals surface area (Å²) < 4.78 is 5.15. The van der Waals surface area contributed by atoms with Crippen LogP contribution in [0.4, 0.5) is 0 Å². The Morgan fingerprint density at radius 1 is 0.977 bits per heavy atom. The van der Waals surface area contributed by atoms with Crippen LogP contribution in [0.15, 0.2) is 75.4 Å². The van der Waals surface area contributed by atoms with E-state index in [2.05, 4.69) is 37.4 Å². The Morgan fingerprint density at radius 3 is 2.09 bits per heavy atom. The Labute approximate surface area is 265 Å². The van der Waals surface area contributed by atoms with E-state index < -0.39 is 5.97 Å². The van der Waals surface area contributed by atoms with Gasteiger partial charge in [0.2, 0.25) is 10.6 Å². The first-order valence-electron chi connectivity index (χ1n) is 12.2. The number of ether oxygens (including phenoxy) is 1. The number of nitrogens with one attached hydrogen (secondary N) is 1. The highest BCUT2D eigenvalue weighted by atomic mass is 35.5. The molecule has 0 saturated carbocycles. The third-order valence-electron chi connectivity index (χ3n) is 5.73. The van der Waals surface area contributed by atoms with Crippen LogP contribution in [0.2, 0.25) is 10.6 Å². The van der Waals surface area contributed by atoms with Gasteiger partial charge < -0.3 is 20.1 Å². The van der Waals surface area contributed by atoms with Crippen molar-refractivity contribution in [3.63, 3.8) is 0 Å². The Bertz CT molecular complexity index is 1760. The van der Waals surface area contributed by atoms with Gasteiger partial charge in [-0.05, 0) is 72.1 Å². The second kappa shape index (κ2) is 14.6. The fourth-order valence-corrected chi connectivity index (χ4v) is 5.98. The van der Waals surface area contributed by atoms with Crippen molar-refractivity contribution < 1.29 is 14.6 Å². The summed E-state index contributed by atoms with van der Waals surface area (Å²) in [6.07, 6.45) is 2.98. The van der Waals surface area contributed by atoms with Crippen molar-refractivity contribution in [2.45, 2.75) is 6.92 Å². The summed E-state index contributed by atoms with van der Waals surface area (Å²) in [4.78, 5) is 28.4. The van der Waals surface area contributed by atoms with E-state index in [4.69, 9.17) is 33.0 Å². The van der Waals surface area contributed by atoms with Gasteiger partial charge in [0.25, 0.3) is 0 Å². The average Bonchev–Trinajstić information content (AvgIpc) is 3.67. The number of hydrogen-bond donors (Lipinski definition) is 2. The van der Waals surface area contributed by atoms with Gasteiger partial charge in [-0.1, -0.05) is 23.5 Å². The molecule has 1 aromatic carbocycles. The highest BCUT2D eigenvalue weighted by Crippen LogP contribution is 2.39. The molecule has 0 radical (unpaired) electrons. The molecule has 2 aliphatic rings. The number of halogens is 2. The quantitative estimate of drug-likeness (QED) is 0.237. The molecule has 3 aromatic rings. The molecule has 2 aliphatic heterocycles. The van der Waals surface area contributed by atoms with Crippen molar-refractivity contribution in [1.29, 1.82) is 10.5 Å². The summed E-state index contributed by atoms with van der Waals surface area (Å²) in [5, 5.41) is 36.0. The molecule has 15 heteroatoms. The summed E-state index contributed by atoms with van der Waals surface area (Å²) >= 11 is 14.1. The largest absolute Gasteiger partial charge is 0.497 e. The van der Waals surface area contributed by atoms with Crippen LogP contribution >= 0.6 is 46.7 Å². The number of carbonyl (C=O) groups is 1. The van der Waals surface area contributed by atoms with E-state index in [9.17, 15) is 15.3 Å². The van der Waals surface area contributed by atoms with Gasteiger partial charge >= 0.3 is 5.97 Å². The maximum Gasteiger partial charge on any atom is 0.353 e. The monoisotopic (exact) mass is 650 g/mol. The molecule has 0 saturated heterocycles. The molecular weight excluding hydrogens is 631 g/mol. The van der Waals surface area contributed by atoms with Crippen LogP contribution in [0.5, 0.6) is 5.75 Å². The zero-order chi connectivity index (χ0) is 30.9. The van der Waals surface area contributed by atoms with Crippen molar-refractivity contribution in [2.24, 2.45) is 0 Å². The van der Waals surface area contributed by atoms with Crippen LogP contribution in [0, 0.1) is 22.7 Å². The molecule has 0 bridgehead atoms. The Morgan fingerprint density at radius 2 is 1.58 bits per heavy atom. The standard InChI is InChI=1S/C16H11ClN4OS.C12H9ClN4O2S/c1-22-11-4-2-10(3-5-11)14-9-23-15(20-14)12(8-18)13-6-7-19-16(17)21-13;1-2-17-9(11(18)19)6-20-10(17)7(5-14)8-3-4-15-12(13)16-8/h2-7,9,20H,1H3;3-4,6H,2H2,1H3,(H,18,19). The molecule has 0 fully saturated rings.